The average Bonchev–Trinajstić information content (AvgIpc) is 3.12. The molecular formula is C14H16ClN3. The molecule has 1 saturated carbocycles. The van der Waals surface area contributed by atoms with Gasteiger partial charge in [0.1, 0.15) is 5.82 Å². The summed E-state index contributed by atoms with van der Waals surface area (Å²) >= 11 is 6.10. The molecule has 0 unspecified atom stereocenters. The van der Waals surface area contributed by atoms with Gasteiger partial charge in [-0.3, -0.25) is 0 Å². The van der Waals surface area contributed by atoms with Gasteiger partial charge in [0.05, 0.1) is 0 Å². The van der Waals surface area contributed by atoms with Crippen LogP contribution in [0, 0.1) is 6.92 Å². The van der Waals surface area contributed by atoms with Gasteiger partial charge in [-0.1, -0.05) is 29.8 Å². The van der Waals surface area contributed by atoms with Crippen LogP contribution in [0.15, 0.2) is 24.3 Å². The second-order valence-electron chi connectivity index (χ2n) is 4.99. The summed E-state index contributed by atoms with van der Waals surface area (Å²) in [6, 6.07) is 8.59. The van der Waals surface area contributed by atoms with Gasteiger partial charge in [0.15, 0.2) is 0 Å². The van der Waals surface area contributed by atoms with E-state index < -0.39 is 0 Å². The van der Waals surface area contributed by atoms with Crippen LogP contribution >= 0.6 is 11.6 Å². The van der Waals surface area contributed by atoms with Crippen molar-refractivity contribution in [3.63, 3.8) is 0 Å². The van der Waals surface area contributed by atoms with E-state index in [1.807, 2.05) is 0 Å². The number of aryl methyl sites for hydroxylation is 2. The Morgan fingerprint density at radius 1 is 1.33 bits per heavy atom. The molecule has 0 radical (unpaired) electrons. The van der Waals surface area contributed by atoms with Crippen LogP contribution in [0.25, 0.3) is 0 Å². The topological polar surface area (TPSA) is 30.7 Å². The highest BCUT2D eigenvalue weighted by atomic mass is 35.5. The van der Waals surface area contributed by atoms with E-state index in [0.717, 1.165) is 18.8 Å². The van der Waals surface area contributed by atoms with Gasteiger partial charge in [-0.25, -0.2) is 0 Å². The van der Waals surface area contributed by atoms with E-state index in [1.54, 1.807) is 0 Å². The lowest BCUT2D eigenvalue weighted by atomic mass is 10.1. The van der Waals surface area contributed by atoms with Gasteiger partial charge < -0.3 is 4.57 Å². The van der Waals surface area contributed by atoms with Crippen molar-refractivity contribution in [2.75, 3.05) is 0 Å². The summed E-state index contributed by atoms with van der Waals surface area (Å²) in [4.78, 5) is 0. The van der Waals surface area contributed by atoms with E-state index in [9.17, 15) is 0 Å². The monoisotopic (exact) mass is 261 g/mol. The number of nitrogens with zero attached hydrogens (tertiary/aromatic N) is 3. The standard InChI is InChI=1S/C14H16ClN3/c1-10-3-2-4-11(9-10)7-8-18-13(12-5-6-12)16-17-14(18)15/h2-4,9,12H,5-8H2,1H3. The largest absolute Gasteiger partial charge is 0.301 e. The molecule has 0 N–H and O–H groups in total. The molecule has 0 aliphatic heterocycles. The molecule has 0 bridgehead atoms. The van der Waals surface area contributed by atoms with Crippen LogP contribution < -0.4 is 0 Å². The Bertz CT molecular complexity index is 558. The predicted molar refractivity (Wildman–Crippen MR) is 71.9 cm³/mol. The number of hydrogen-bond acceptors (Lipinski definition) is 2. The first kappa shape index (κ1) is 11.7. The lowest BCUT2D eigenvalue weighted by molar-refractivity contribution is 0.653. The second kappa shape index (κ2) is 4.73. The van der Waals surface area contributed by atoms with Crippen molar-refractivity contribution in [2.24, 2.45) is 0 Å². The molecule has 0 amide bonds. The van der Waals surface area contributed by atoms with Crippen molar-refractivity contribution in [3.8, 4) is 0 Å². The molecule has 1 aliphatic rings. The summed E-state index contributed by atoms with van der Waals surface area (Å²) in [5, 5.41) is 8.69. The fourth-order valence-corrected chi connectivity index (χ4v) is 2.46. The zero-order valence-corrected chi connectivity index (χ0v) is 11.2. The van der Waals surface area contributed by atoms with Gasteiger partial charge in [-0.2, -0.15) is 0 Å². The van der Waals surface area contributed by atoms with Crippen LogP contribution in [-0.4, -0.2) is 14.8 Å². The third-order valence-corrected chi connectivity index (χ3v) is 3.66. The van der Waals surface area contributed by atoms with Crippen LogP contribution in [0.3, 0.4) is 0 Å². The third kappa shape index (κ3) is 2.41. The van der Waals surface area contributed by atoms with Gasteiger partial charge in [0.2, 0.25) is 5.28 Å². The van der Waals surface area contributed by atoms with Crippen LogP contribution in [0.5, 0.6) is 0 Å². The number of benzene rings is 1. The first-order valence-corrected chi connectivity index (χ1v) is 6.76. The number of halogens is 1. The van der Waals surface area contributed by atoms with Gasteiger partial charge in [0.25, 0.3) is 0 Å². The molecule has 94 valence electrons. The van der Waals surface area contributed by atoms with Crippen molar-refractivity contribution in [2.45, 2.75) is 38.6 Å². The molecule has 0 saturated heterocycles. The summed E-state index contributed by atoms with van der Waals surface area (Å²) in [6.45, 7) is 2.98. The second-order valence-corrected chi connectivity index (χ2v) is 5.33. The summed E-state index contributed by atoms with van der Waals surface area (Å²) in [5.41, 5.74) is 2.63. The molecular weight excluding hydrogens is 246 g/mol. The van der Waals surface area contributed by atoms with Crippen molar-refractivity contribution >= 4 is 11.6 Å². The molecule has 4 heteroatoms. The van der Waals surface area contributed by atoms with E-state index in [-0.39, 0.29) is 0 Å². The molecule has 0 atom stereocenters. The fraction of sp³-hybridized carbons (Fsp3) is 0.429. The maximum atomic E-state index is 6.10. The highest BCUT2D eigenvalue weighted by molar-refractivity contribution is 6.28. The van der Waals surface area contributed by atoms with Crippen molar-refractivity contribution < 1.29 is 0 Å². The molecule has 1 aliphatic carbocycles. The van der Waals surface area contributed by atoms with Crippen LogP contribution in [0.4, 0.5) is 0 Å². The SMILES string of the molecule is Cc1cccc(CCn2c(Cl)nnc2C2CC2)c1. The Morgan fingerprint density at radius 2 is 2.17 bits per heavy atom. The molecule has 1 heterocycles. The van der Waals surface area contributed by atoms with Crippen molar-refractivity contribution in [1.82, 2.24) is 14.8 Å². The summed E-state index contributed by atoms with van der Waals surface area (Å²) in [5.74, 6) is 1.65. The lowest BCUT2D eigenvalue weighted by Gasteiger charge is -2.07. The summed E-state index contributed by atoms with van der Waals surface area (Å²) in [6.07, 6.45) is 3.41. The fourth-order valence-electron chi connectivity index (χ4n) is 2.25. The molecule has 3 nitrogen and oxygen atoms in total. The van der Waals surface area contributed by atoms with E-state index in [0.29, 0.717) is 11.2 Å². The number of hydrogen-bond donors (Lipinski definition) is 0. The highest BCUT2D eigenvalue weighted by Gasteiger charge is 2.29. The van der Waals surface area contributed by atoms with Crippen LogP contribution in [0.1, 0.15) is 35.7 Å². The number of aromatic nitrogens is 3. The van der Waals surface area contributed by atoms with Crippen molar-refractivity contribution in [1.29, 1.82) is 0 Å². The molecule has 1 aromatic heterocycles. The molecule has 18 heavy (non-hydrogen) atoms. The minimum Gasteiger partial charge on any atom is -0.301 e. The van der Waals surface area contributed by atoms with E-state index in [4.69, 9.17) is 11.6 Å². The smallest absolute Gasteiger partial charge is 0.225 e. The molecule has 0 spiro atoms. The van der Waals surface area contributed by atoms with Gasteiger partial charge >= 0.3 is 0 Å². The Labute approximate surface area is 112 Å². The molecule has 1 fully saturated rings. The van der Waals surface area contributed by atoms with E-state index in [2.05, 4.69) is 46.0 Å². The van der Waals surface area contributed by atoms with E-state index in [1.165, 1.54) is 24.0 Å². The minimum absolute atomic E-state index is 0.518. The van der Waals surface area contributed by atoms with Crippen LogP contribution in [0.2, 0.25) is 5.28 Å². The Balaban J connectivity index is 1.75. The third-order valence-electron chi connectivity index (χ3n) is 3.38. The first-order valence-electron chi connectivity index (χ1n) is 6.38. The zero-order valence-electron chi connectivity index (χ0n) is 10.4. The van der Waals surface area contributed by atoms with Gasteiger partial charge in [-0.15, -0.1) is 10.2 Å². The lowest BCUT2D eigenvalue weighted by Crippen LogP contribution is -2.06. The zero-order chi connectivity index (χ0) is 12.5. The molecule has 1 aromatic carbocycles. The average molecular weight is 262 g/mol. The quantitative estimate of drug-likeness (QED) is 0.845. The Kier molecular flexibility index (Phi) is 3.08. The summed E-state index contributed by atoms with van der Waals surface area (Å²) in [7, 11) is 0. The normalized spacial score (nSPS) is 15.0. The minimum atomic E-state index is 0.518. The first-order chi connectivity index (χ1) is 8.74. The summed E-state index contributed by atoms with van der Waals surface area (Å²) < 4.78 is 2.06. The highest BCUT2D eigenvalue weighted by Crippen LogP contribution is 2.39. The maximum absolute atomic E-state index is 6.10. The van der Waals surface area contributed by atoms with Crippen molar-refractivity contribution in [3.05, 3.63) is 46.5 Å². The van der Waals surface area contributed by atoms with Gasteiger partial charge in [0, 0.05) is 12.5 Å². The molecule has 2 aromatic rings. The Morgan fingerprint density at radius 3 is 2.89 bits per heavy atom. The maximum Gasteiger partial charge on any atom is 0.225 e. The predicted octanol–water partition coefficient (Wildman–Crippen LogP) is 3.36. The van der Waals surface area contributed by atoms with E-state index >= 15 is 0 Å². The Hall–Kier alpha value is -1.35. The van der Waals surface area contributed by atoms with Gasteiger partial charge in [-0.05, 0) is 43.4 Å². The van der Waals surface area contributed by atoms with Crippen LogP contribution in [-0.2, 0) is 13.0 Å². The number of rotatable bonds is 4. The molecule has 3 rings (SSSR count).